The fourth-order valence-corrected chi connectivity index (χ4v) is 1.59. The number of hydrogen-bond donors (Lipinski definition) is 2. The van der Waals surface area contributed by atoms with Gasteiger partial charge < -0.3 is 15.8 Å². The molecule has 0 fully saturated rings. The van der Waals surface area contributed by atoms with Crippen molar-refractivity contribution in [3.8, 4) is 0 Å². The standard InChI is InChI=1S/C10H16N6O/c1-17-5-3-12-9-8-6-15-16(4-2-11)10(8)14-7-13-9/h6-7H,2-5,11H2,1H3,(H,12,13,14). The van der Waals surface area contributed by atoms with Gasteiger partial charge in [0, 0.05) is 20.2 Å². The number of rotatable bonds is 6. The summed E-state index contributed by atoms with van der Waals surface area (Å²) in [5, 5.41) is 8.32. The number of nitrogens with zero attached hydrogens (tertiary/aromatic N) is 4. The minimum Gasteiger partial charge on any atom is -0.383 e. The highest BCUT2D eigenvalue weighted by molar-refractivity contribution is 5.85. The van der Waals surface area contributed by atoms with E-state index >= 15 is 0 Å². The second-order valence-corrected chi connectivity index (χ2v) is 3.54. The number of ether oxygens (including phenoxy) is 1. The molecule has 2 rings (SSSR count). The zero-order valence-corrected chi connectivity index (χ0v) is 9.76. The van der Waals surface area contributed by atoms with E-state index in [0.717, 1.165) is 16.9 Å². The Morgan fingerprint density at radius 2 is 2.35 bits per heavy atom. The van der Waals surface area contributed by atoms with E-state index in [2.05, 4.69) is 20.4 Å². The highest BCUT2D eigenvalue weighted by Gasteiger charge is 2.08. The number of methoxy groups -OCH3 is 1. The topological polar surface area (TPSA) is 90.9 Å². The minimum absolute atomic E-state index is 0.535. The van der Waals surface area contributed by atoms with Gasteiger partial charge in [0.05, 0.1) is 24.7 Å². The smallest absolute Gasteiger partial charge is 0.163 e. The summed E-state index contributed by atoms with van der Waals surface area (Å²) in [5.41, 5.74) is 6.31. The summed E-state index contributed by atoms with van der Waals surface area (Å²) in [6.45, 7) is 2.51. The molecule has 0 saturated heterocycles. The maximum atomic E-state index is 5.51. The third-order valence-electron chi connectivity index (χ3n) is 2.37. The molecule has 0 amide bonds. The lowest BCUT2D eigenvalue weighted by Gasteiger charge is -2.05. The first kappa shape index (κ1) is 11.7. The van der Waals surface area contributed by atoms with E-state index in [1.807, 2.05) is 0 Å². The van der Waals surface area contributed by atoms with Crippen LogP contribution in [0.3, 0.4) is 0 Å². The van der Waals surface area contributed by atoms with Crippen LogP contribution in [0.1, 0.15) is 0 Å². The van der Waals surface area contributed by atoms with Crippen molar-refractivity contribution in [2.24, 2.45) is 5.73 Å². The van der Waals surface area contributed by atoms with E-state index in [1.54, 1.807) is 18.0 Å². The Kier molecular flexibility index (Phi) is 3.84. The molecule has 0 aliphatic carbocycles. The molecule has 0 unspecified atom stereocenters. The predicted octanol–water partition coefficient (Wildman–Crippen LogP) is -0.157. The SMILES string of the molecule is COCCNc1ncnc2c1cnn2CCN. The monoisotopic (exact) mass is 236 g/mol. The maximum absolute atomic E-state index is 5.51. The summed E-state index contributed by atoms with van der Waals surface area (Å²) < 4.78 is 6.75. The van der Waals surface area contributed by atoms with Crippen LogP contribution >= 0.6 is 0 Å². The third kappa shape index (κ3) is 2.51. The van der Waals surface area contributed by atoms with E-state index in [4.69, 9.17) is 10.5 Å². The number of aromatic nitrogens is 4. The van der Waals surface area contributed by atoms with Crippen molar-refractivity contribution in [3.63, 3.8) is 0 Å². The van der Waals surface area contributed by atoms with Crippen molar-refractivity contribution in [2.45, 2.75) is 6.54 Å². The normalized spacial score (nSPS) is 10.9. The van der Waals surface area contributed by atoms with Crippen LogP contribution < -0.4 is 11.1 Å². The highest BCUT2D eigenvalue weighted by atomic mass is 16.5. The van der Waals surface area contributed by atoms with Gasteiger partial charge in [-0.15, -0.1) is 0 Å². The molecule has 0 aliphatic heterocycles. The summed E-state index contributed by atoms with van der Waals surface area (Å²) in [4.78, 5) is 8.40. The Bertz CT molecular complexity index is 483. The van der Waals surface area contributed by atoms with Crippen LogP contribution in [0.25, 0.3) is 11.0 Å². The quantitative estimate of drug-likeness (QED) is 0.677. The molecule has 92 valence electrons. The van der Waals surface area contributed by atoms with Gasteiger partial charge in [-0.1, -0.05) is 0 Å². The van der Waals surface area contributed by atoms with Crippen LogP contribution in [0.4, 0.5) is 5.82 Å². The molecule has 0 aliphatic rings. The lowest BCUT2D eigenvalue weighted by Crippen LogP contribution is -2.12. The highest BCUT2D eigenvalue weighted by Crippen LogP contribution is 2.17. The first-order chi connectivity index (χ1) is 8.36. The first-order valence-electron chi connectivity index (χ1n) is 5.46. The Morgan fingerprint density at radius 1 is 1.47 bits per heavy atom. The zero-order chi connectivity index (χ0) is 12.1. The van der Waals surface area contributed by atoms with E-state index in [-0.39, 0.29) is 0 Å². The van der Waals surface area contributed by atoms with Gasteiger partial charge in [-0.3, -0.25) is 0 Å². The molecule has 0 radical (unpaired) electrons. The molecule has 0 atom stereocenters. The lowest BCUT2D eigenvalue weighted by molar-refractivity contribution is 0.210. The molecule has 7 nitrogen and oxygen atoms in total. The van der Waals surface area contributed by atoms with Gasteiger partial charge in [0.2, 0.25) is 0 Å². The summed E-state index contributed by atoms with van der Waals surface area (Å²) in [7, 11) is 1.66. The molecule has 0 spiro atoms. The van der Waals surface area contributed by atoms with Crippen LogP contribution in [-0.4, -0.2) is 46.6 Å². The van der Waals surface area contributed by atoms with E-state index in [9.17, 15) is 0 Å². The number of hydrogen-bond acceptors (Lipinski definition) is 6. The minimum atomic E-state index is 0.535. The number of anilines is 1. The Balaban J connectivity index is 2.24. The maximum Gasteiger partial charge on any atom is 0.163 e. The van der Waals surface area contributed by atoms with Crippen molar-refractivity contribution in [1.82, 2.24) is 19.7 Å². The number of nitrogens with two attached hydrogens (primary N) is 1. The Hall–Kier alpha value is -1.73. The summed E-state index contributed by atoms with van der Waals surface area (Å²) >= 11 is 0. The molecule has 2 aromatic heterocycles. The molecule has 0 saturated carbocycles. The van der Waals surface area contributed by atoms with Crippen molar-refractivity contribution in [3.05, 3.63) is 12.5 Å². The van der Waals surface area contributed by atoms with Gasteiger partial charge in [-0.2, -0.15) is 5.10 Å². The molecule has 2 aromatic rings. The van der Waals surface area contributed by atoms with Gasteiger partial charge in [0.1, 0.15) is 12.1 Å². The second-order valence-electron chi connectivity index (χ2n) is 3.54. The molecule has 7 heteroatoms. The van der Waals surface area contributed by atoms with Crippen LogP contribution in [0.5, 0.6) is 0 Å². The summed E-state index contributed by atoms with van der Waals surface area (Å²) in [6.07, 6.45) is 3.27. The fourth-order valence-electron chi connectivity index (χ4n) is 1.59. The van der Waals surface area contributed by atoms with Crippen molar-refractivity contribution in [2.75, 3.05) is 32.1 Å². The van der Waals surface area contributed by atoms with Crippen LogP contribution in [0.2, 0.25) is 0 Å². The van der Waals surface area contributed by atoms with Gasteiger partial charge in [-0.05, 0) is 0 Å². The van der Waals surface area contributed by atoms with Crippen LogP contribution in [0.15, 0.2) is 12.5 Å². The zero-order valence-electron chi connectivity index (χ0n) is 9.76. The Morgan fingerprint density at radius 3 is 3.12 bits per heavy atom. The largest absolute Gasteiger partial charge is 0.383 e. The Labute approximate surface area is 99.0 Å². The van der Waals surface area contributed by atoms with Gasteiger partial charge in [0.15, 0.2) is 5.65 Å². The first-order valence-corrected chi connectivity index (χ1v) is 5.46. The molecule has 3 N–H and O–H groups in total. The molecule has 0 aromatic carbocycles. The number of nitrogens with one attached hydrogen (secondary N) is 1. The van der Waals surface area contributed by atoms with Crippen molar-refractivity contribution in [1.29, 1.82) is 0 Å². The second kappa shape index (κ2) is 5.55. The average Bonchev–Trinajstić information content (AvgIpc) is 2.75. The molecular weight excluding hydrogens is 220 g/mol. The summed E-state index contributed by atoms with van der Waals surface area (Å²) in [6, 6.07) is 0. The van der Waals surface area contributed by atoms with Crippen molar-refractivity contribution >= 4 is 16.9 Å². The lowest BCUT2D eigenvalue weighted by atomic mass is 10.4. The van der Waals surface area contributed by atoms with Gasteiger partial charge in [-0.25, -0.2) is 14.6 Å². The summed E-state index contributed by atoms with van der Waals surface area (Å²) in [5.74, 6) is 0.773. The fraction of sp³-hybridized carbons (Fsp3) is 0.500. The molecule has 17 heavy (non-hydrogen) atoms. The molecule has 0 bridgehead atoms. The van der Waals surface area contributed by atoms with Crippen molar-refractivity contribution < 1.29 is 4.74 Å². The van der Waals surface area contributed by atoms with E-state index in [1.165, 1.54) is 6.33 Å². The van der Waals surface area contributed by atoms with Gasteiger partial charge >= 0.3 is 0 Å². The predicted molar refractivity (Wildman–Crippen MR) is 64.7 cm³/mol. The van der Waals surface area contributed by atoms with Crippen LogP contribution in [0, 0.1) is 0 Å². The molecule has 2 heterocycles. The van der Waals surface area contributed by atoms with E-state index < -0.39 is 0 Å². The molecular formula is C10H16N6O. The van der Waals surface area contributed by atoms with Crippen LogP contribution in [-0.2, 0) is 11.3 Å². The third-order valence-corrected chi connectivity index (χ3v) is 2.37. The van der Waals surface area contributed by atoms with Gasteiger partial charge in [0.25, 0.3) is 0 Å². The average molecular weight is 236 g/mol. The number of fused-ring (bicyclic) bond motifs is 1. The van der Waals surface area contributed by atoms with E-state index in [0.29, 0.717) is 26.2 Å².